The maximum atomic E-state index is 2.43. The van der Waals surface area contributed by atoms with E-state index in [1.165, 1.54) is 32.1 Å². The van der Waals surface area contributed by atoms with Gasteiger partial charge in [-0.05, 0) is 38.4 Å². The topological polar surface area (TPSA) is 3.24 Å². The number of thiophene rings is 1. The van der Waals surface area contributed by atoms with Gasteiger partial charge in [-0.3, -0.25) is 4.90 Å². The van der Waals surface area contributed by atoms with E-state index in [1.54, 1.807) is 4.88 Å². The Labute approximate surface area is 103 Å². The lowest BCUT2D eigenvalue weighted by atomic mass is 9.79. The second-order valence-electron chi connectivity index (χ2n) is 4.46. The minimum atomic E-state index is 0. The Morgan fingerprint density at radius 2 is 1.87 bits per heavy atom. The summed E-state index contributed by atoms with van der Waals surface area (Å²) in [7, 11) is 4.45. The van der Waals surface area contributed by atoms with Crippen molar-refractivity contribution in [3.8, 4) is 0 Å². The second kappa shape index (κ2) is 5.33. The predicted octanol–water partition coefficient (Wildman–Crippen LogP) is 3.89. The molecule has 2 rings (SSSR count). The van der Waals surface area contributed by atoms with Gasteiger partial charge >= 0.3 is 0 Å². The summed E-state index contributed by atoms with van der Waals surface area (Å²) in [6, 6.07) is 4.48. The fraction of sp³-hybridized carbons (Fsp3) is 0.667. The molecule has 1 aromatic rings. The van der Waals surface area contributed by atoms with Crippen LogP contribution in [0.5, 0.6) is 0 Å². The molecule has 15 heavy (non-hydrogen) atoms. The maximum absolute atomic E-state index is 2.43. The zero-order chi connectivity index (χ0) is 10.0. The molecule has 1 fully saturated rings. The SMILES string of the molecule is CN(C)C1(c2cccs2)CCCCC1.Cl. The van der Waals surface area contributed by atoms with Crippen molar-refractivity contribution in [3.63, 3.8) is 0 Å². The molecule has 0 saturated heterocycles. The van der Waals surface area contributed by atoms with Crippen molar-refractivity contribution < 1.29 is 0 Å². The first-order valence-corrected chi connectivity index (χ1v) is 6.35. The van der Waals surface area contributed by atoms with E-state index in [4.69, 9.17) is 0 Å². The van der Waals surface area contributed by atoms with Crippen molar-refractivity contribution in [3.05, 3.63) is 22.4 Å². The van der Waals surface area contributed by atoms with Crippen molar-refractivity contribution in [2.24, 2.45) is 0 Å². The molecule has 0 unspecified atom stereocenters. The van der Waals surface area contributed by atoms with Gasteiger partial charge in [-0.15, -0.1) is 23.7 Å². The smallest absolute Gasteiger partial charge is 0.0548 e. The van der Waals surface area contributed by atoms with Gasteiger partial charge in [0.05, 0.1) is 5.54 Å². The number of hydrogen-bond acceptors (Lipinski definition) is 2. The number of rotatable bonds is 2. The summed E-state index contributed by atoms with van der Waals surface area (Å²) >= 11 is 1.91. The van der Waals surface area contributed by atoms with Crippen molar-refractivity contribution in [1.29, 1.82) is 0 Å². The van der Waals surface area contributed by atoms with Gasteiger partial charge in [0.1, 0.15) is 0 Å². The first kappa shape index (κ1) is 13.0. The average Bonchev–Trinajstić information content (AvgIpc) is 2.72. The first-order valence-electron chi connectivity index (χ1n) is 5.47. The molecule has 1 saturated carbocycles. The van der Waals surface area contributed by atoms with Gasteiger partial charge in [-0.1, -0.05) is 25.3 Å². The first-order chi connectivity index (χ1) is 6.76. The molecule has 86 valence electrons. The van der Waals surface area contributed by atoms with E-state index in [2.05, 4.69) is 36.5 Å². The molecule has 0 atom stereocenters. The van der Waals surface area contributed by atoms with Crippen LogP contribution in [-0.4, -0.2) is 19.0 Å². The summed E-state index contributed by atoms with van der Waals surface area (Å²) in [5.41, 5.74) is 0.354. The lowest BCUT2D eigenvalue weighted by Crippen LogP contribution is -2.42. The largest absolute Gasteiger partial charge is 0.299 e. The molecule has 1 aliphatic rings. The third kappa shape index (κ3) is 2.38. The molecular formula is C12H20ClNS. The lowest BCUT2D eigenvalue weighted by Gasteiger charge is -2.42. The zero-order valence-corrected chi connectivity index (χ0v) is 11.2. The fourth-order valence-electron chi connectivity index (χ4n) is 2.59. The Balaban J connectivity index is 0.00000112. The van der Waals surface area contributed by atoms with Crippen LogP contribution in [0.25, 0.3) is 0 Å². The lowest BCUT2D eigenvalue weighted by molar-refractivity contribution is 0.103. The van der Waals surface area contributed by atoms with E-state index in [1.807, 2.05) is 11.3 Å². The third-order valence-corrected chi connectivity index (χ3v) is 4.58. The number of hydrogen-bond donors (Lipinski definition) is 0. The maximum Gasteiger partial charge on any atom is 0.0548 e. The molecule has 0 N–H and O–H groups in total. The minimum absolute atomic E-state index is 0. The van der Waals surface area contributed by atoms with Crippen LogP contribution in [0.15, 0.2) is 17.5 Å². The molecular weight excluding hydrogens is 226 g/mol. The van der Waals surface area contributed by atoms with Crippen LogP contribution in [0.3, 0.4) is 0 Å². The molecule has 1 nitrogen and oxygen atoms in total. The van der Waals surface area contributed by atoms with Crippen LogP contribution in [-0.2, 0) is 5.54 Å². The Morgan fingerprint density at radius 1 is 1.20 bits per heavy atom. The molecule has 0 radical (unpaired) electrons. The summed E-state index contributed by atoms with van der Waals surface area (Å²) in [4.78, 5) is 3.99. The van der Waals surface area contributed by atoms with Gasteiger partial charge in [-0.25, -0.2) is 0 Å². The summed E-state index contributed by atoms with van der Waals surface area (Å²) in [5.74, 6) is 0. The molecule has 1 heterocycles. The molecule has 0 aromatic carbocycles. The Morgan fingerprint density at radius 3 is 2.33 bits per heavy atom. The molecule has 0 bridgehead atoms. The number of halogens is 1. The van der Waals surface area contributed by atoms with E-state index >= 15 is 0 Å². The van der Waals surface area contributed by atoms with Crippen molar-refractivity contribution in [2.75, 3.05) is 14.1 Å². The van der Waals surface area contributed by atoms with E-state index in [9.17, 15) is 0 Å². The summed E-state index contributed by atoms with van der Waals surface area (Å²) in [6.07, 6.45) is 6.86. The molecule has 1 aliphatic carbocycles. The standard InChI is InChI=1S/C12H19NS.ClH/c1-13(2)12(8-4-3-5-9-12)11-7-6-10-14-11;/h6-7,10H,3-5,8-9H2,1-2H3;1H. The monoisotopic (exact) mass is 245 g/mol. The predicted molar refractivity (Wildman–Crippen MR) is 70.0 cm³/mol. The third-order valence-electron chi connectivity index (χ3n) is 3.52. The van der Waals surface area contributed by atoms with Crippen molar-refractivity contribution >= 4 is 23.7 Å². The fourth-order valence-corrected chi connectivity index (χ4v) is 3.66. The van der Waals surface area contributed by atoms with Gasteiger partial charge in [0.15, 0.2) is 0 Å². The molecule has 0 spiro atoms. The van der Waals surface area contributed by atoms with Crippen LogP contribution in [0.2, 0.25) is 0 Å². The van der Waals surface area contributed by atoms with Crippen LogP contribution >= 0.6 is 23.7 Å². The van der Waals surface area contributed by atoms with Gasteiger partial charge in [0.2, 0.25) is 0 Å². The quantitative estimate of drug-likeness (QED) is 0.764. The van der Waals surface area contributed by atoms with Gasteiger partial charge < -0.3 is 0 Å². The summed E-state index contributed by atoms with van der Waals surface area (Å²) in [6.45, 7) is 0. The highest BCUT2D eigenvalue weighted by Gasteiger charge is 2.36. The average molecular weight is 246 g/mol. The van der Waals surface area contributed by atoms with Crippen LogP contribution in [0.1, 0.15) is 37.0 Å². The number of nitrogens with zero attached hydrogens (tertiary/aromatic N) is 1. The second-order valence-corrected chi connectivity index (χ2v) is 5.41. The van der Waals surface area contributed by atoms with Crippen LogP contribution < -0.4 is 0 Å². The Kier molecular flexibility index (Phi) is 4.63. The van der Waals surface area contributed by atoms with Gasteiger partial charge in [0, 0.05) is 4.88 Å². The zero-order valence-electron chi connectivity index (χ0n) is 9.53. The molecule has 0 aliphatic heterocycles. The highest BCUT2D eigenvalue weighted by molar-refractivity contribution is 7.10. The molecule has 0 amide bonds. The van der Waals surface area contributed by atoms with Gasteiger partial charge in [-0.2, -0.15) is 0 Å². The van der Waals surface area contributed by atoms with E-state index in [-0.39, 0.29) is 12.4 Å². The Hall–Kier alpha value is -0.0500. The van der Waals surface area contributed by atoms with Crippen LogP contribution in [0.4, 0.5) is 0 Å². The Bertz CT molecular complexity index is 276. The highest BCUT2D eigenvalue weighted by atomic mass is 35.5. The minimum Gasteiger partial charge on any atom is -0.299 e. The van der Waals surface area contributed by atoms with Crippen molar-refractivity contribution in [1.82, 2.24) is 4.90 Å². The van der Waals surface area contributed by atoms with Crippen molar-refractivity contribution in [2.45, 2.75) is 37.6 Å². The van der Waals surface area contributed by atoms with Crippen LogP contribution in [0, 0.1) is 0 Å². The molecule has 3 heteroatoms. The highest BCUT2D eigenvalue weighted by Crippen LogP contribution is 2.42. The van der Waals surface area contributed by atoms with E-state index in [0.29, 0.717) is 5.54 Å². The van der Waals surface area contributed by atoms with E-state index < -0.39 is 0 Å². The molecule has 1 aromatic heterocycles. The summed E-state index contributed by atoms with van der Waals surface area (Å²) in [5, 5.41) is 2.20. The van der Waals surface area contributed by atoms with E-state index in [0.717, 1.165) is 0 Å². The normalized spacial score (nSPS) is 19.9. The summed E-state index contributed by atoms with van der Waals surface area (Å²) < 4.78 is 0. The van der Waals surface area contributed by atoms with Gasteiger partial charge in [0.25, 0.3) is 0 Å².